The van der Waals surface area contributed by atoms with E-state index in [1.165, 1.54) is 11.7 Å². The van der Waals surface area contributed by atoms with Gasteiger partial charge in [0.1, 0.15) is 5.75 Å². The van der Waals surface area contributed by atoms with Crippen LogP contribution in [0.15, 0.2) is 12.4 Å². The molecule has 0 saturated heterocycles. The topological polar surface area (TPSA) is 59.9 Å². The number of methoxy groups -OCH3 is 1. The van der Waals surface area contributed by atoms with Crippen molar-refractivity contribution in [1.29, 1.82) is 0 Å². The fraction of sp³-hybridized carbons (Fsp3) is 0.462. The Morgan fingerprint density at radius 3 is 2.74 bits per heavy atom. The molecule has 0 aliphatic heterocycles. The van der Waals surface area contributed by atoms with Crippen molar-refractivity contribution in [2.45, 2.75) is 26.3 Å². The summed E-state index contributed by atoms with van der Waals surface area (Å²) in [6, 6.07) is 0.123. The highest BCUT2D eigenvalue weighted by atomic mass is 32.1. The van der Waals surface area contributed by atoms with E-state index >= 15 is 0 Å². The number of aryl methyl sites for hydroxylation is 1. The van der Waals surface area contributed by atoms with Gasteiger partial charge in [-0.15, -0.1) is 0 Å². The summed E-state index contributed by atoms with van der Waals surface area (Å²) >= 11 is 1.22. The molecule has 0 aromatic carbocycles. The molecule has 102 valence electrons. The number of nitrogens with zero attached hydrogens (tertiary/aromatic N) is 3. The minimum absolute atomic E-state index is 0.123. The van der Waals surface area contributed by atoms with Crippen molar-refractivity contribution in [3.63, 3.8) is 0 Å². The third-order valence-electron chi connectivity index (χ3n) is 3.23. The van der Waals surface area contributed by atoms with Crippen molar-refractivity contribution in [2.75, 3.05) is 14.2 Å². The second kappa shape index (κ2) is 6.08. The zero-order valence-electron chi connectivity index (χ0n) is 11.6. The van der Waals surface area contributed by atoms with Crippen LogP contribution in [-0.4, -0.2) is 27.9 Å². The van der Waals surface area contributed by atoms with Crippen LogP contribution in [0.5, 0.6) is 5.75 Å². The van der Waals surface area contributed by atoms with Gasteiger partial charge in [0, 0.05) is 29.4 Å². The number of ether oxygens (including phenoxy) is 1. The molecule has 0 amide bonds. The predicted octanol–water partition coefficient (Wildman–Crippen LogP) is 2.06. The van der Waals surface area contributed by atoms with E-state index < -0.39 is 0 Å². The fourth-order valence-electron chi connectivity index (χ4n) is 2.15. The van der Waals surface area contributed by atoms with Gasteiger partial charge in [0.05, 0.1) is 36.8 Å². The molecule has 0 spiro atoms. The van der Waals surface area contributed by atoms with E-state index in [4.69, 9.17) is 4.74 Å². The zero-order valence-corrected chi connectivity index (χ0v) is 12.4. The van der Waals surface area contributed by atoms with Gasteiger partial charge in [-0.1, -0.05) is 0 Å². The Labute approximate surface area is 117 Å². The van der Waals surface area contributed by atoms with E-state index in [0.29, 0.717) is 0 Å². The first-order valence-electron chi connectivity index (χ1n) is 6.11. The lowest BCUT2D eigenvalue weighted by molar-refractivity contribution is 0.406. The lowest BCUT2D eigenvalue weighted by Gasteiger charge is -2.16. The molecule has 0 saturated carbocycles. The van der Waals surface area contributed by atoms with Gasteiger partial charge in [0.2, 0.25) is 0 Å². The summed E-state index contributed by atoms with van der Waals surface area (Å²) in [5.41, 5.74) is 4.12. The molecule has 2 aromatic rings. The van der Waals surface area contributed by atoms with Crippen LogP contribution in [0.4, 0.5) is 0 Å². The zero-order chi connectivity index (χ0) is 13.8. The fourth-order valence-corrected chi connectivity index (χ4v) is 2.62. The van der Waals surface area contributed by atoms with Gasteiger partial charge in [-0.25, -0.2) is 0 Å². The smallest absolute Gasteiger partial charge is 0.128 e. The maximum absolute atomic E-state index is 5.44. The molecule has 0 aliphatic carbocycles. The maximum Gasteiger partial charge on any atom is 0.128 e. The molecule has 19 heavy (non-hydrogen) atoms. The molecule has 1 N–H and O–H groups in total. The molecular weight excluding hydrogens is 260 g/mol. The van der Waals surface area contributed by atoms with E-state index in [-0.39, 0.29) is 6.04 Å². The van der Waals surface area contributed by atoms with E-state index in [1.54, 1.807) is 13.3 Å². The van der Waals surface area contributed by atoms with E-state index in [2.05, 4.69) is 19.0 Å². The number of hydrogen-bond acceptors (Lipinski definition) is 6. The van der Waals surface area contributed by atoms with Crippen LogP contribution in [0.3, 0.4) is 0 Å². The highest BCUT2D eigenvalue weighted by Gasteiger charge is 2.17. The second-order valence-electron chi connectivity index (χ2n) is 4.42. The van der Waals surface area contributed by atoms with Crippen molar-refractivity contribution < 1.29 is 4.74 Å². The van der Waals surface area contributed by atoms with Crippen molar-refractivity contribution in [2.24, 2.45) is 0 Å². The summed E-state index contributed by atoms with van der Waals surface area (Å²) in [5.74, 6) is 0.913. The van der Waals surface area contributed by atoms with Crippen LogP contribution in [0.1, 0.15) is 28.6 Å². The molecule has 1 atom stereocenters. The Kier molecular flexibility index (Phi) is 4.44. The minimum atomic E-state index is 0.123. The Morgan fingerprint density at radius 2 is 2.16 bits per heavy atom. The lowest BCUT2D eigenvalue weighted by atomic mass is 10.0. The van der Waals surface area contributed by atoms with Gasteiger partial charge < -0.3 is 10.1 Å². The molecule has 0 radical (unpaired) electrons. The Balaban J connectivity index is 2.28. The number of rotatable bonds is 5. The largest absolute Gasteiger partial charge is 0.496 e. The first-order valence-corrected chi connectivity index (χ1v) is 6.84. The average molecular weight is 278 g/mol. The third kappa shape index (κ3) is 2.90. The summed E-state index contributed by atoms with van der Waals surface area (Å²) in [6.45, 7) is 4.04. The predicted molar refractivity (Wildman–Crippen MR) is 75.7 cm³/mol. The SMILES string of the molecule is CNC(Cc1ncc(C)c(OC)c1C)c1cnsn1. The molecule has 2 rings (SSSR count). The van der Waals surface area contributed by atoms with E-state index in [1.807, 2.05) is 27.1 Å². The minimum Gasteiger partial charge on any atom is -0.496 e. The number of pyridine rings is 1. The molecule has 2 aromatic heterocycles. The van der Waals surface area contributed by atoms with Crippen molar-refractivity contribution in [3.8, 4) is 5.75 Å². The molecule has 0 bridgehead atoms. The normalized spacial score (nSPS) is 12.4. The van der Waals surface area contributed by atoms with Crippen LogP contribution in [-0.2, 0) is 6.42 Å². The molecule has 2 heterocycles. The van der Waals surface area contributed by atoms with Gasteiger partial charge in [0.25, 0.3) is 0 Å². The summed E-state index contributed by atoms with van der Waals surface area (Å²) in [5, 5.41) is 3.26. The first-order chi connectivity index (χ1) is 9.17. The average Bonchev–Trinajstić information content (AvgIpc) is 2.92. The molecular formula is C13H18N4OS. The van der Waals surface area contributed by atoms with Crippen molar-refractivity contribution >= 4 is 11.7 Å². The standard InChI is InChI=1S/C13H18N4OS/c1-8-6-15-10(9(2)13(8)18-4)5-11(14-3)12-7-16-19-17-12/h6-7,11,14H,5H2,1-4H3. The molecule has 1 unspecified atom stereocenters. The molecule has 0 aliphatic rings. The summed E-state index contributed by atoms with van der Waals surface area (Å²) < 4.78 is 13.8. The quantitative estimate of drug-likeness (QED) is 0.907. The number of hydrogen-bond donors (Lipinski definition) is 1. The third-order valence-corrected chi connectivity index (χ3v) is 3.72. The Bertz CT molecular complexity index is 542. The highest BCUT2D eigenvalue weighted by Crippen LogP contribution is 2.26. The molecule has 6 heteroatoms. The van der Waals surface area contributed by atoms with Crippen LogP contribution >= 0.6 is 11.7 Å². The number of likely N-dealkylation sites (N-methyl/N-ethyl adjacent to an activating group) is 1. The van der Waals surface area contributed by atoms with E-state index in [9.17, 15) is 0 Å². The Morgan fingerprint density at radius 1 is 1.37 bits per heavy atom. The van der Waals surface area contributed by atoms with Crippen LogP contribution in [0.2, 0.25) is 0 Å². The highest BCUT2D eigenvalue weighted by molar-refractivity contribution is 6.99. The second-order valence-corrected chi connectivity index (χ2v) is 4.98. The van der Waals surface area contributed by atoms with Gasteiger partial charge in [0.15, 0.2) is 0 Å². The van der Waals surface area contributed by atoms with Crippen LogP contribution in [0, 0.1) is 13.8 Å². The van der Waals surface area contributed by atoms with Gasteiger partial charge in [-0.3, -0.25) is 4.98 Å². The maximum atomic E-state index is 5.44. The Hall–Kier alpha value is -1.53. The van der Waals surface area contributed by atoms with Gasteiger partial charge in [-0.05, 0) is 20.9 Å². The summed E-state index contributed by atoms with van der Waals surface area (Å²) in [7, 11) is 3.61. The van der Waals surface area contributed by atoms with Crippen LogP contribution < -0.4 is 10.1 Å². The molecule has 0 fully saturated rings. The number of nitrogens with one attached hydrogen (secondary N) is 1. The van der Waals surface area contributed by atoms with Crippen molar-refractivity contribution in [1.82, 2.24) is 19.0 Å². The molecule has 5 nitrogen and oxygen atoms in total. The number of aromatic nitrogens is 3. The van der Waals surface area contributed by atoms with Crippen LogP contribution in [0.25, 0.3) is 0 Å². The van der Waals surface area contributed by atoms with Gasteiger partial charge in [-0.2, -0.15) is 8.75 Å². The van der Waals surface area contributed by atoms with Crippen molar-refractivity contribution in [3.05, 3.63) is 34.9 Å². The monoisotopic (exact) mass is 278 g/mol. The summed E-state index contributed by atoms with van der Waals surface area (Å²) in [6.07, 6.45) is 4.42. The summed E-state index contributed by atoms with van der Waals surface area (Å²) in [4.78, 5) is 4.52. The van der Waals surface area contributed by atoms with E-state index in [0.717, 1.165) is 34.7 Å². The van der Waals surface area contributed by atoms with Gasteiger partial charge >= 0.3 is 0 Å². The lowest BCUT2D eigenvalue weighted by Crippen LogP contribution is -2.20. The first kappa shape index (κ1) is 13.9.